The summed E-state index contributed by atoms with van der Waals surface area (Å²) in [5, 5.41) is 10.6. The SMILES string of the molecule is O=[N+]([O-])c1ccc(-c2cnc(Oc3ccccc3)nc2)cc1. The summed E-state index contributed by atoms with van der Waals surface area (Å²) in [5.74, 6) is 0.658. The van der Waals surface area contributed by atoms with E-state index in [2.05, 4.69) is 9.97 Å². The van der Waals surface area contributed by atoms with Crippen LogP contribution in [-0.2, 0) is 0 Å². The van der Waals surface area contributed by atoms with Crippen LogP contribution in [0, 0.1) is 10.1 Å². The van der Waals surface area contributed by atoms with Crippen molar-refractivity contribution in [1.82, 2.24) is 9.97 Å². The average molecular weight is 293 g/mol. The Bertz CT molecular complexity index is 772. The molecule has 0 aliphatic heterocycles. The number of hydrogen-bond acceptors (Lipinski definition) is 5. The Labute approximate surface area is 126 Å². The molecule has 3 rings (SSSR count). The number of nitro benzene ring substituents is 1. The first-order valence-corrected chi connectivity index (χ1v) is 6.52. The predicted molar refractivity (Wildman–Crippen MR) is 80.6 cm³/mol. The summed E-state index contributed by atoms with van der Waals surface area (Å²) < 4.78 is 5.51. The normalized spacial score (nSPS) is 10.2. The molecule has 6 nitrogen and oxygen atoms in total. The molecule has 0 saturated carbocycles. The summed E-state index contributed by atoms with van der Waals surface area (Å²) in [6, 6.07) is 15.7. The molecule has 0 saturated heterocycles. The number of nitro groups is 1. The highest BCUT2D eigenvalue weighted by Crippen LogP contribution is 2.23. The maximum Gasteiger partial charge on any atom is 0.321 e. The fourth-order valence-electron chi connectivity index (χ4n) is 1.89. The summed E-state index contributed by atoms with van der Waals surface area (Å²) in [6.07, 6.45) is 3.24. The molecule has 0 aliphatic rings. The van der Waals surface area contributed by atoms with E-state index in [1.807, 2.05) is 30.3 Å². The van der Waals surface area contributed by atoms with Crippen LogP contribution in [0.15, 0.2) is 67.0 Å². The van der Waals surface area contributed by atoms with Crippen LogP contribution < -0.4 is 4.74 Å². The highest BCUT2D eigenvalue weighted by molar-refractivity contribution is 5.63. The van der Waals surface area contributed by atoms with Gasteiger partial charge in [-0.15, -0.1) is 0 Å². The van der Waals surface area contributed by atoms with Crippen molar-refractivity contribution in [2.75, 3.05) is 0 Å². The summed E-state index contributed by atoms with van der Waals surface area (Å²) in [6.45, 7) is 0. The Hall–Kier alpha value is -3.28. The molecule has 3 aromatic rings. The van der Waals surface area contributed by atoms with Crippen LogP contribution in [0.4, 0.5) is 5.69 Å². The Kier molecular flexibility index (Phi) is 3.74. The Balaban J connectivity index is 1.77. The summed E-state index contributed by atoms with van der Waals surface area (Å²) >= 11 is 0. The highest BCUT2D eigenvalue weighted by atomic mass is 16.6. The molecule has 22 heavy (non-hydrogen) atoms. The van der Waals surface area contributed by atoms with E-state index in [0.717, 1.165) is 11.1 Å². The minimum absolute atomic E-state index is 0.0497. The number of benzene rings is 2. The van der Waals surface area contributed by atoms with Crippen LogP contribution in [0.2, 0.25) is 0 Å². The molecule has 2 aromatic carbocycles. The van der Waals surface area contributed by atoms with Crippen molar-refractivity contribution in [1.29, 1.82) is 0 Å². The molecule has 0 bridgehead atoms. The molecular formula is C16H11N3O3. The maximum absolute atomic E-state index is 10.6. The third kappa shape index (κ3) is 3.06. The molecule has 6 heteroatoms. The van der Waals surface area contributed by atoms with Crippen molar-refractivity contribution in [2.24, 2.45) is 0 Å². The van der Waals surface area contributed by atoms with Crippen molar-refractivity contribution >= 4 is 5.69 Å². The van der Waals surface area contributed by atoms with Gasteiger partial charge < -0.3 is 4.74 Å². The summed E-state index contributed by atoms with van der Waals surface area (Å²) in [7, 11) is 0. The fraction of sp³-hybridized carbons (Fsp3) is 0. The number of aromatic nitrogens is 2. The van der Waals surface area contributed by atoms with Gasteiger partial charge in [-0.3, -0.25) is 10.1 Å². The van der Waals surface area contributed by atoms with Crippen LogP contribution in [-0.4, -0.2) is 14.9 Å². The smallest absolute Gasteiger partial charge is 0.321 e. The van der Waals surface area contributed by atoms with Crippen molar-refractivity contribution < 1.29 is 9.66 Å². The second-order valence-corrected chi connectivity index (χ2v) is 4.47. The van der Waals surface area contributed by atoms with Gasteiger partial charge in [-0.2, -0.15) is 0 Å². The fourth-order valence-corrected chi connectivity index (χ4v) is 1.89. The standard InChI is InChI=1S/C16H11N3O3/c20-19(21)14-8-6-12(7-9-14)13-10-17-16(18-11-13)22-15-4-2-1-3-5-15/h1-11H. The second kappa shape index (κ2) is 6.01. The molecule has 0 radical (unpaired) electrons. The van der Waals surface area contributed by atoms with E-state index in [1.54, 1.807) is 24.5 Å². The molecule has 1 heterocycles. The molecule has 0 aliphatic carbocycles. The Morgan fingerprint density at radius 2 is 1.50 bits per heavy atom. The lowest BCUT2D eigenvalue weighted by atomic mass is 10.1. The van der Waals surface area contributed by atoms with Crippen molar-refractivity contribution in [2.45, 2.75) is 0 Å². The van der Waals surface area contributed by atoms with Gasteiger partial charge in [-0.25, -0.2) is 9.97 Å². The summed E-state index contributed by atoms with van der Waals surface area (Å²) in [4.78, 5) is 18.5. The number of hydrogen-bond donors (Lipinski definition) is 0. The van der Waals surface area contributed by atoms with Crippen LogP contribution in [0.5, 0.6) is 11.8 Å². The third-order valence-corrected chi connectivity index (χ3v) is 2.99. The Morgan fingerprint density at radius 1 is 0.864 bits per heavy atom. The molecular weight excluding hydrogens is 282 g/mol. The van der Waals surface area contributed by atoms with Gasteiger partial charge in [0, 0.05) is 30.1 Å². The first-order chi connectivity index (χ1) is 10.7. The van der Waals surface area contributed by atoms with Gasteiger partial charge in [-0.05, 0) is 29.8 Å². The zero-order valence-electron chi connectivity index (χ0n) is 11.4. The molecule has 1 aromatic heterocycles. The van der Waals surface area contributed by atoms with Gasteiger partial charge >= 0.3 is 6.01 Å². The number of para-hydroxylation sites is 1. The van der Waals surface area contributed by atoms with E-state index < -0.39 is 4.92 Å². The predicted octanol–water partition coefficient (Wildman–Crippen LogP) is 3.84. The molecule has 0 atom stereocenters. The molecule has 0 spiro atoms. The number of nitrogens with zero attached hydrogens (tertiary/aromatic N) is 3. The van der Waals surface area contributed by atoms with E-state index in [0.29, 0.717) is 5.75 Å². The van der Waals surface area contributed by atoms with Gasteiger partial charge in [-0.1, -0.05) is 18.2 Å². The number of rotatable bonds is 4. The van der Waals surface area contributed by atoms with E-state index in [-0.39, 0.29) is 11.7 Å². The average Bonchev–Trinajstić information content (AvgIpc) is 2.57. The number of non-ortho nitro benzene ring substituents is 1. The van der Waals surface area contributed by atoms with Crippen molar-refractivity contribution in [3.8, 4) is 22.9 Å². The maximum atomic E-state index is 10.6. The van der Waals surface area contributed by atoms with E-state index in [4.69, 9.17) is 4.74 Å². The first kappa shape index (κ1) is 13.7. The number of ether oxygens (including phenoxy) is 1. The lowest BCUT2D eigenvalue weighted by molar-refractivity contribution is -0.384. The molecule has 0 unspecified atom stereocenters. The monoisotopic (exact) mass is 293 g/mol. The van der Waals surface area contributed by atoms with Gasteiger partial charge in [0.1, 0.15) is 5.75 Å². The van der Waals surface area contributed by atoms with E-state index in [1.165, 1.54) is 12.1 Å². The Morgan fingerprint density at radius 3 is 2.09 bits per heavy atom. The third-order valence-electron chi connectivity index (χ3n) is 2.99. The van der Waals surface area contributed by atoms with Gasteiger partial charge in [0.15, 0.2) is 0 Å². The zero-order chi connectivity index (χ0) is 15.4. The zero-order valence-corrected chi connectivity index (χ0v) is 11.4. The van der Waals surface area contributed by atoms with E-state index in [9.17, 15) is 10.1 Å². The van der Waals surface area contributed by atoms with E-state index >= 15 is 0 Å². The molecule has 108 valence electrons. The lowest BCUT2D eigenvalue weighted by Crippen LogP contribution is -1.92. The van der Waals surface area contributed by atoms with Crippen LogP contribution in [0.25, 0.3) is 11.1 Å². The summed E-state index contributed by atoms with van der Waals surface area (Å²) in [5.41, 5.74) is 1.61. The molecule has 0 fully saturated rings. The van der Waals surface area contributed by atoms with Gasteiger partial charge in [0.2, 0.25) is 0 Å². The molecule has 0 amide bonds. The van der Waals surface area contributed by atoms with Crippen LogP contribution >= 0.6 is 0 Å². The minimum atomic E-state index is -0.433. The quantitative estimate of drug-likeness (QED) is 0.539. The minimum Gasteiger partial charge on any atom is -0.424 e. The van der Waals surface area contributed by atoms with Crippen molar-refractivity contribution in [3.05, 3.63) is 77.1 Å². The van der Waals surface area contributed by atoms with Gasteiger partial charge in [0.05, 0.1) is 4.92 Å². The van der Waals surface area contributed by atoms with Gasteiger partial charge in [0.25, 0.3) is 5.69 Å². The second-order valence-electron chi connectivity index (χ2n) is 4.47. The van der Waals surface area contributed by atoms with Crippen molar-refractivity contribution in [3.63, 3.8) is 0 Å². The molecule has 0 N–H and O–H groups in total. The first-order valence-electron chi connectivity index (χ1n) is 6.52. The lowest BCUT2D eigenvalue weighted by Gasteiger charge is -2.04. The van der Waals surface area contributed by atoms with Crippen LogP contribution in [0.3, 0.4) is 0 Å². The largest absolute Gasteiger partial charge is 0.424 e. The topological polar surface area (TPSA) is 78.2 Å². The highest BCUT2D eigenvalue weighted by Gasteiger charge is 2.06. The van der Waals surface area contributed by atoms with Crippen LogP contribution in [0.1, 0.15) is 0 Å².